The van der Waals surface area contributed by atoms with E-state index in [9.17, 15) is 9.59 Å². The van der Waals surface area contributed by atoms with Gasteiger partial charge in [0, 0.05) is 12.3 Å². The number of benzene rings is 1. The first-order valence-corrected chi connectivity index (χ1v) is 6.59. The number of carbonyl (C=O) groups excluding carboxylic acids is 2. The number of rotatable bonds is 3. The van der Waals surface area contributed by atoms with Gasteiger partial charge in [-0.3, -0.25) is 9.59 Å². The molecule has 0 amide bonds. The second kappa shape index (κ2) is 4.68. The SMILES string of the molecule is CC(=O)C1(C(C)c2ccc(C)cc2)CCCC1=O. The Morgan fingerprint density at radius 3 is 2.33 bits per heavy atom. The molecule has 96 valence electrons. The number of aryl methyl sites for hydroxylation is 1. The smallest absolute Gasteiger partial charge is 0.147 e. The highest BCUT2D eigenvalue weighted by molar-refractivity contribution is 6.08. The zero-order chi connectivity index (χ0) is 13.3. The largest absolute Gasteiger partial charge is 0.299 e. The third-order valence-corrected chi connectivity index (χ3v) is 4.42. The predicted molar refractivity (Wildman–Crippen MR) is 71.6 cm³/mol. The van der Waals surface area contributed by atoms with Crippen LogP contribution in [0.4, 0.5) is 0 Å². The van der Waals surface area contributed by atoms with Crippen LogP contribution in [0.5, 0.6) is 0 Å². The molecule has 0 aromatic heterocycles. The van der Waals surface area contributed by atoms with Gasteiger partial charge in [0.2, 0.25) is 0 Å². The summed E-state index contributed by atoms with van der Waals surface area (Å²) in [5.74, 6) is 0.131. The van der Waals surface area contributed by atoms with E-state index in [2.05, 4.69) is 0 Å². The van der Waals surface area contributed by atoms with Crippen LogP contribution in [0.3, 0.4) is 0 Å². The number of ketones is 2. The molecule has 0 heterocycles. The molecule has 0 N–H and O–H groups in total. The molecule has 1 aliphatic rings. The molecule has 0 radical (unpaired) electrons. The zero-order valence-corrected chi connectivity index (χ0v) is 11.3. The Labute approximate surface area is 108 Å². The van der Waals surface area contributed by atoms with Crippen molar-refractivity contribution in [2.75, 3.05) is 0 Å². The summed E-state index contributed by atoms with van der Waals surface area (Å²) in [6, 6.07) is 8.16. The first-order valence-electron chi connectivity index (χ1n) is 6.59. The van der Waals surface area contributed by atoms with E-state index in [-0.39, 0.29) is 17.5 Å². The number of carbonyl (C=O) groups is 2. The fourth-order valence-corrected chi connectivity index (χ4v) is 3.17. The van der Waals surface area contributed by atoms with Crippen LogP contribution >= 0.6 is 0 Å². The van der Waals surface area contributed by atoms with Gasteiger partial charge >= 0.3 is 0 Å². The van der Waals surface area contributed by atoms with Crippen molar-refractivity contribution in [2.45, 2.75) is 46.0 Å². The van der Waals surface area contributed by atoms with Crippen molar-refractivity contribution in [1.29, 1.82) is 0 Å². The van der Waals surface area contributed by atoms with Crippen molar-refractivity contribution in [3.63, 3.8) is 0 Å². The van der Waals surface area contributed by atoms with Crippen LogP contribution in [0, 0.1) is 12.3 Å². The van der Waals surface area contributed by atoms with Crippen LogP contribution in [-0.2, 0) is 9.59 Å². The molecule has 0 bridgehead atoms. The highest BCUT2D eigenvalue weighted by Gasteiger charge is 2.50. The van der Waals surface area contributed by atoms with Crippen LogP contribution < -0.4 is 0 Å². The number of hydrogen-bond donors (Lipinski definition) is 0. The fourth-order valence-electron chi connectivity index (χ4n) is 3.17. The summed E-state index contributed by atoms with van der Waals surface area (Å²) in [6.07, 6.45) is 2.10. The second-order valence-corrected chi connectivity index (χ2v) is 5.44. The van der Waals surface area contributed by atoms with Gasteiger partial charge in [-0.25, -0.2) is 0 Å². The van der Waals surface area contributed by atoms with Gasteiger partial charge < -0.3 is 0 Å². The Hall–Kier alpha value is -1.44. The topological polar surface area (TPSA) is 34.1 Å². The van der Waals surface area contributed by atoms with Crippen molar-refractivity contribution in [3.8, 4) is 0 Å². The Morgan fingerprint density at radius 2 is 1.89 bits per heavy atom. The van der Waals surface area contributed by atoms with Crippen molar-refractivity contribution in [1.82, 2.24) is 0 Å². The molecular formula is C16H20O2. The monoisotopic (exact) mass is 244 g/mol. The molecule has 0 aliphatic heterocycles. The quantitative estimate of drug-likeness (QED) is 0.763. The van der Waals surface area contributed by atoms with Gasteiger partial charge in [0.05, 0.1) is 5.41 Å². The van der Waals surface area contributed by atoms with Gasteiger partial charge in [0.15, 0.2) is 0 Å². The number of Topliss-reactive ketones (excluding diaryl/α,β-unsaturated/α-hetero) is 2. The highest BCUT2D eigenvalue weighted by Crippen LogP contribution is 2.47. The summed E-state index contributed by atoms with van der Waals surface area (Å²) in [7, 11) is 0. The molecule has 2 atom stereocenters. The van der Waals surface area contributed by atoms with E-state index in [1.165, 1.54) is 5.56 Å². The molecular weight excluding hydrogens is 224 g/mol. The molecule has 1 saturated carbocycles. The van der Waals surface area contributed by atoms with Gasteiger partial charge in [-0.2, -0.15) is 0 Å². The lowest BCUT2D eigenvalue weighted by atomic mass is 9.68. The molecule has 18 heavy (non-hydrogen) atoms. The van der Waals surface area contributed by atoms with E-state index in [0.29, 0.717) is 12.8 Å². The molecule has 1 aromatic rings. The van der Waals surface area contributed by atoms with E-state index in [0.717, 1.165) is 12.0 Å². The van der Waals surface area contributed by atoms with Crippen LogP contribution in [0.1, 0.15) is 50.2 Å². The van der Waals surface area contributed by atoms with Crippen molar-refractivity contribution < 1.29 is 9.59 Å². The van der Waals surface area contributed by atoms with Crippen molar-refractivity contribution in [2.24, 2.45) is 5.41 Å². The molecule has 1 aromatic carbocycles. The first kappa shape index (κ1) is 13.0. The molecule has 0 spiro atoms. The average molecular weight is 244 g/mol. The normalized spacial score (nSPS) is 25.2. The average Bonchev–Trinajstić information content (AvgIpc) is 2.72. The summed E-state index contributed by atoms with van der Waals surface area (Å²) < 4.78 is 0. The maximum Gasteiger partial charge on any atom is 0.147 e. The van der Waals surface area contributed by atoms with Crippen LogP contribution in [0.2, 0.25) is 0 Å². The van der Waals surface area contributed by atoms with E-state index in [1.54, 1.807) is 6.92 Å². The Kier molecular flexibility index (Phi) is 3.38. The van der Waals surface area contributed by atoms with E-state index in [1.807, 2.05) is 38.1 Å². The van der Waals surface area contributed by atoms with E-state index >= 15 is 0 Å². The zero-order valence-electron chi connectivity index (χ0n) is 11.3. The minimum absolute atomic E-state index is 0.0226. The molecule has 1 aliphatic carbocycles. The summed E-state index contributed by atoms with van der Waals surface area (Å²) in [5, 5.41) is 0. The highest BCUT2D eigenvalue weighted by atomic mass is 16.2. The molecule has 2 rings (SSSR count). The standard InChI is InChI=1S/C16H20O2/c1-11-6-8-14(9-7-11)12(2)16(13(3)17)10-4-5-15(16)18/h6-9,12H,4-5,10H2,1-3H3. The molecule has 0 saturated heterocycles. The lowest BCUT2D eigenvalue weighted by Crippen LogP contribution is -2.38. The van der Waals surface area contributed by atoms with Crippen LogP contribution in [-0.4, -0.2) is 11.6 Å². The van der Waals surface area contributed by atoms with Crippen molar-refractivity contribution >= 4 is 11.6 Å². The molecule has 2 nitrogen and oxygen atoms in total. The Bertz CT molecular complexity index is 472. The van der Waals surface area contributed by atoms with Gasteiger partial charge in [0.25, 0.3) is 0 Å². The maximum atomic E-state index is 12.2. The molecule has 2 unspecified atom stereocenters. The lowest BCUT2D eigenvalue weighted by molar-refractivity contribution is -0.138. The van der Waals surface area contributed by atoms with Gasteiger partial charge in [-0.1, -0.05) is 36.8 Å². The summed E-state index contributed by atoms with van der Waals surface area (Å²) in [4.78, 5) is 24.2. The Morgan fingerprint density at radius 1 is 1.28 bits per heavy atom. The third kappa shape index (κ3) is 1.90. The van der Waals surface area contributed by atoms with E-state index < -0.39 is 5.41 Å². The van der Waals surface area contributed by atoms with Gasteiger partial charge in [-0.05, 0) is 32.3 Å². The van der Waals surface area contributed by atoms with Crippen LogP contribution in [0.25, 0.3) is 0 Å². The third-order valence-electron chi connectivity index (χ3n) is 4.42. The summed E-state index contributed by atoms with van der Waals surface area (Å²) >= 11 is 0. The Balaban J connectivity index is 2.41. The fraction of sp³-hybridized carbons (Fsp3) is 0.500. The van der Waals surface area contributed by atoms with Crippen LogP contribution in [0.15, 0.2) is 24.3 Å². The predicted octanol–water partition coefficient (Wildman–Crippen LogP) is 3.43. The number of hydrogen-bond acceptors (Lipinski definition) is 2. The summed E-state index contributed by atoms with van der Waals surface area (Å²) in [5.41, 5.74) is 1.52. The minimum atomic E-state index is -0.769. The van der Waals surface area contributed by atoms with Gasteiger partial charge in [0.1, 0.15) is 11.6 Å². The lowest BCUT2D eigenvalue weighted by Gasteiger charge is -2.31. The van der Waals surface area contributed by atoms with Gasteiger partial charge in [-0.15, -0.1) is 0 Å². The maximum absolute atomic E-state index is 12.2. The van der Waals surface area contributed by atoms with E-state index in [4.69, 9.17) is 0 Å². The summed E-state index contributed by atoms with van der Waals surface area (Å²) in [6.45, 7) is 5.61. The van der Waals surface area contributed by atoms with Crippen molar-refractivity contribution in [3.05, 3.63) is 35.4 Å². The first-order chi connectivity index (χ1) is 8.48. The molecule has 1 fully saturated rings. The minimum Gasteiger partial charge on any atom is -0.299 e. The second-order valence-electron chi connectivity index (χ2n) is 5.44. The molecule has 2 heteroatoms.